The maximum atomic E-state index is 10.8. The van der Waals surface area contributed by atoms with E-state index in [0.29, 0.717) is 5.69 Å². The molecule has 7 heteroatoms. The molecule has 0 aliphatic carbocycles. The number of benzene rings is 1. The molecule has 0 unspecified atom stereocenters. The molecule has 0 radical (unpaired) electrons. The second kappa shape index (κ2) is 4.50. The fourth-order valence-corrected chi connectivity index (χ4v) is 1.74. The first-order valence-electron chi connectivity index (χ1n) is 4.51. The molecule has 0 amide bonds. The maximum absolute atomic E-state index is 10.8. The largest absolute Gasteiger partial charge is 0.289 e. The van der Waals surface area contributed by atoms with E-state index in [1.165, 1.54) is 16.8 Å². The summed E-state index contributed by atoms with van der Waals surface area (Å²) < 4.78 is 2.45. The van der Waals surface area contributed by atoms with Gasteiger partial charge in [-0.2, -0.15) is 10.4 Å². The molecule has 2 rings (SSSR count). The van der Waals surface area contributed by atoms with Crippen molar-refractivity contribution in [3.63, 3.8) is 0 Å². The van der Waals surface area contributed by atoms with E-state index in [1.54, 1.807) is 24.5 Å². The number of halogens is 1. The number of rotatable bonds is 2. The number of nitrogens with zero attached hydrogens (tertiary/aromatic N) is 4. The van der Waals surface area contributed by atoms with E-state index in [2.05, 4.69) is 27.7 Å². The van der Waals surface area contributed by atoms with Crippen molar-refractivity contribution in [1.82, 2.24) is 9.78 Å². The van der Waals surface area contributed by atoms with Crippen molar-refractivity contribution >= 4 is 28.3 Å². The molecule has 0 aliphatic heterocycles. The van der Waals surface area contributed by atoms with Crippen LogP contribution < -0.4 is 0 Å². The predicted molar refractivity (Wildman–Crippen MR) is 67.7 cm³/mol. The number of aromatic nitrogens is 2. The van der Waals surface area contributed by atoms with E-state index in [4.69, 9.17) is 5.26 Å². The van der Waals surface area contributed by atoms with E-state index in [0.717, 1.165) is 3.57 Å². The molecule has 1 heterocycles. The zero-order valence-corrected chi connectivity index (χ0v) is 10.5. The number of nitro groups is 1. The van der Waals surface area contributed by atoms with E-state index in [1.807, 2.05) is 0 Å². The summed E-state index contributed by atoms with van der Waals surface area (Å²) in [7, 11) is 0. The Labute approximate surface area is 110 Å². The molecule has 1 aromatic carbocycles. The molecule has 2 aromatic rings. The summed E-state index contributed by atoms with van der Waals surface area (Å²) in [5, 5.41) is 23.6. The van der Waals surface area contributed by atoms with Crippen molar-refractivity contribution in [3.05, 3.63) is 49.8 Å². The summed E-state index contributed by atoms with van der Waals surface area (Å²) in [5.74, 6) is 0. The Morgan fingerprint density at radius 3 is 2.82 bits per heavy atom. The highest BCUT2D eigenvalue weighted by Crippen LogP contribution is 2.21. The van der Waals surface area contributed by atoms with Crippen LogP contribution in [0.4, 0.5) is 5.69 Å². The summed E-state index contributed by atoms with van der Waals surface area (Å²) in [4.78, 5) is 10.2. The van der Waals surface area contributed by atoms with Gasteiger partial charge in [0.25, 0.3) is 5.69 Å². The zero-order valence-electron chi connectivity index (χ0n) is 8.37. The van der Waals surface area contributed by atoms with Crippen LogP contribution in [0.15, 0.2) is 30.6 Å². The van der Waals surface area contributed by atoms with Gasteiger partial charge in [-0.25, -0.2) is 4.68 Å². The summed E-state index contributed by atoms with van der Waals surface area (Å²) in [6.07, 6.45) is 3.39. The van der Waals surface area contributed by atoms with Gasteiger partial charge in [-0.3, -0.25) is 10.1 Å². The highest BCUT2D eigenvalue weighted by atomic mass is 127. The molecule has 0 spiro atoms. The lowest BCUT2D eigenvalue weighted by Crippen LogP contribution is -1.98. The van der Waals surface area contributed by atoms with Crippen LogP contribution in [0.2, 0.25) is 0 Å². The van der Waals surface area contributed by atoms with Crippen LogP contribution in [0, 0.1) is 25.0 Å². The van der Waals surface area contributed by atoms with Crippen LogP contribution in [0.3, 0.4) is 0 Å². The minimum absolute atomic E-state index is 0.0422. The van der Waals surface area contributed by atoms with Gasteiger partial charge in [-0.05, 0) is 34.7 Å². The number of nitriles is 1. The number of nitro benzene ring substituents is 1. The summed E-state index contributed by atoms with van der Waals surface area (Å²) in [5.41, 5.74) is 0.384. The summed E-state index contributed by atoms with van der Waals surface area (Å²) in [6, 6.07) is 6.16. The maximum Gasteiger partial charge on any atom is 0.289 e. The Morgan fingerprint density at radius 1 is 1.53 bits per heavy atom. The molecule has 0 aliphatic rings. The standard InChI is InChI=1S/C10H5IN4O2/c11-8-5-13-14(6-8)9-2-1-7(4-12)10(3-9)15(16)17/h1-3,5-6H. The van der Waals surface area contributed by atoms with Crippen molar-refractivity contribution in [1.29, 1.82) is 5.26 Å². The molecule has 0 fully saturated rings. The van der Waals surface area contributed by atoms with E-state index in [-0.39, 0.29) is 11.3 Å². The normalized spacial score (nSPS) is 9.88. The Hall–Kier alpha value is -1.95. The number of hydrogen-bond acceptors (Lipinski definition) is 4. The van der Waals surface area contributed by atoms with Gasteiger partial charge in [0.15, 0.2) is 0 Å². The molecule has 0 atom stereocenters. The highest BCUT2D eigenvalue weighted by Gasteiger charge is 2.15. The lowest BCUT2D eigenvalue weighted by molar-refractivity contribution is -0.385. The lowest BCUT2D eigenvalue weighted by Gasteiger charge is -2.01. The van der Waals surface area contributed by atoms with Crippen LogP contribution in [0.25, 0.3) is 5.69 Å². The third kappa shape index (κ3) is 2.26. The van der Waals surface area contributed by atoms with Crippen LogP contribution in [0.1, 0.15) is 5.56 Å². The third-order valence-corrected chi connectivity index (χ3v) is 2.67. The first-order valence-corrected chi connectivity index (χ1v) is 5.59. The van der Waals surface area contributed by atoms with Crippen LogP contribution in [-0.4, -0.2) is 14.7 Å². The van der Waals surface area contributed by atoms with Gasteiger partial charge in [0, 0.05) is 12.3 Å². The number of hydrogen-bond donors (Lipinski definition) is 0. The van der Waals surface area contributed by atoms with Crippen molar-refractivity contribution in [3.8, 4) is 11.8 Å². The average molecular weight is 340 g/mol. The summed E-state index contributed by atoms with van der Waals surface area (Å²) in [6.45, 7) is 0. The Kier molecular flexibility index (Phi) is 3.06. The van der Waals surface area contributed by atoms with Gasteiger partial charge >= 0.3 is 0 Å². The zero-order chi connectivity index (χ0) is 12.4. The van der Waals surface area contributed by atoms with Gasteiger partial charge in [0.1, 0.15) is 11.6 Å². The van der Waals surface area contributed by atoms with Crippen molar-refractivity contribution in [2.75, 3.05) is 0 Å². The van der Waals surface area contributed by atoms with Crippen molar-refractivity contribution in [2.24, 2.45) is 0 Å². The van der Waals surface area contributed by atoms with Gasteiger partial charge in [-0.15, -0.1) is 0 Å². The molecule has 0 bridgehead atoms. The molecule has 84 valence electrons. The Bertz CT molecular complexity index is 629. The molecule has 0 N–H and O–H groups in total. The van der Waals surface area contributed by atoms with E-state index >= 15 is 0 Å². The van der Waals surface area contributed by atoms with Crippen LogP contribution in [0.5, 0.6) is 0 Å². The monoisotopic (exact) mass is 340 g/mol. The molecule has 1 aromatic heterocycles. The van der Waals surface area contributed by atoms with Gasteiger partial charge in [0.2, 0.25) is 0 Å². The predicted octanol–water partition coefficient (Wildman–Crippen LogP) is 2.26. The lowest BCUT2D eigenvalue weighted by atomic mass is 10.2. The minimum Gasteiger partial charge on any atom is -0.258 e. The molecular weight excluding hydrogens is 335 g/mol. The smallest absolute Gasteiger partial charge is 0.258 e. The fraction of sp³-hybridized carbons (Fsp3) is 0. The Morgan fingerprint density at radius 2 is 2.29 bits per heavy atom. The van der Waals surface area contributed by atoms with Crippen molar-refractivity contribution in [2.45, 2.75) is 0 Å². The first-order chi connectivity index (χ1) is 8.11. The van der Waals surface area contributed by atoms with E-state index < -0.39 is 4.92 Å². The molecule has 6 nitrogen and oxygen atoms in total. The Balaban J connectivity index is 2.55. The second-order valence-electron chi connectivity index (χ2n) is 3.17. The minimum atomic E-state index is -0.573. The average Bonchev–Trinajstić information content (AvgIpc) is 2.75. The highest BCUT2D eigenvalue weighted by molar-refractivity contribution is 14.1. The quantitative estimate of drug-likeness (QED) is 0.477. The van der Waals surface area contributed by atoms with Crippen molar-refractivity contribution < 1.29 is 4.92 Å². The van der Waals surface area contributed by atoms with E-state index in [9.17, 15) is 10.1 Å². The molecule has 17 heavy (non-hydrogen) atoms. The van der Waals surface area contributed by atoms with Crippen LogP contribution >= 0.6 is 22.6 Å². The molecule has 0 saturated carbocycles. The summed E-state index contributed by atoms with van der Waals surface area (Å²) >= 11 is 2.09. The van der Waals surface area contributed by atoms with Crippen LogP contribution in [-0.2, 0) is 0 Å². The van der Waals surface area contributed by atoms with Gasteiger partial charge in [0.05, 0.1) is 20.4 Å². The topological polar surface area (TPSA) is 84.8 Å². The first kappa shape index (κ1) is 11.5. The molecule has 0 saturated heterocycles. The molecular formula is C10H5IN4O2. The van der Waals surface area contributed by atoms with Gasteiger partial charge < -0.3 is 0 Å². The SMILES string of the molecule is N#Cc1ccc(-n2cc(I)cn2)cc1[N+](=O)[O-]. The fourth-order valence-electron chi connectivity index (χ4n) is 1.35. The van der Waals surface area contributed by atoms with Gasteiger partial charge in [-0.1, -0.05) is 0 Å². The second-order valence-corrected chi connectivity index (χ2v) is 4.42. The third-order valence-electron chi connectivity index (χ3n) is 2.11.